The van der Waals surface area contributed by atoms with Gasteiger partial charge < -0.3 is 9.84 Å². The highest BCUT2D eigenvalue weighted by Crippen LogP contribution is 2.30. The summed E-state index contributed by atoms with van der Waals surface area (Å²) in [6.07, 6.45) is 0. The minimum atomic E-state index is -4.18. The zero-order valence-corrected chi connectivity index (χ0v) is 15.1. The van der Waals surface area contributed by atoms with Crippen LogP contribution in [0.25, 0.3) is 10.8 Å². The number of nitrogens with one attached hydrogen (secondary N) is 1. The lowest BCUT2D eigenvalue weighted by Crippen LogP contribution is -2.17. The molecule has 0 aliphatic rings. The zero-order valence-electron chi connectivity index (χ0n) is 13.4. The Balaban J connectivity index is 2.12. The number of thiophene rings is 1. The Morgan fingerprint density at radius 1 is 1.12 bits per heavy atom. The van der Waals surface area contributed by atoms with Gasteiger partial charge in [0.15, 0.2) is 0 Å². The fraction of sp³-hybridized carbons (Fsp3) is 0.0588. The number of rotatable bonds is 5. The molecule has 0 atom stereocenters. The number of fused-ring (bicyclic) bond motifs is 1. The number of carboxylic acids is 1. The average molecular weight is 391 g/mol. The lowest BCUT2D eigenvalue weighted by Gasteiger charge is -2.13. The van der Waals surface area contributed by atoms with Gasteiger partial charge in [-0.15, -0.1) is 11.3 Å². The SMILES string of the molecule is COC(=O)c1sccc1S(=O)(=O)Nc1ccc2ccccc2c1C(=O)O. The summed E-state index contributed by atoms with van der Waals surface area (Å²) in [4.78, 5) is 23.1. The molecule has 2 N–H and O–H groups in total. The van der Waals surface area contributed by atoms with E-state index in [0.29, 0.717) is 10.8 Å². The molecule has 0 fully saturated rings. The maximum Gasteiger partial charge on any atom is 0.349 e. The maximum absolute atomic E-state index is 12.7. The molecular formula is C17H13NO6S2. The molecule has 2 aromatic carbocycles. The number of hydrogen-bond donors (Lipinski definition) is 2. The summed E-state index contributed by atoms with van der Waals surface area (Å²) >= 11 is 0.923. The van der Waals surface area contributed by atoms with Crippen molar-refractivity contribution in [3.8, 4) is 0 Å². The van der Waals surface area contributed by atoms with Crippen LogP contribution in [0, 0.1) is 0 Å². The lowest BCUT2D eigenvalue weighted by molar-refractivity contribution is 0.0601. The van der Waals surface area contributed by atoms with Crippen molar-refractivity contribution in [2.45, 2.75) is 4.90 Å². The molecule has 0 aliphatic heterocycles. The number of ether oxygens (including phenoxy) is 1. The van der Waals surface area contributed by atoms with Gasteiger partial charge >= 0.3 is 11.9 Å². The molecule has 0 bridgehead atoms. The van der Waals surface area contributed by atoms with Crippen molar-refractivity contribution in [1.29, 1.82) is 0 Å². The number of hydrogen-bond acceptors (Lipinski definition) is 6. The van der Waals surface area contributed by atoms with E-state index in [-0.39, 0.29) is 21.0 Å². The van der Waals surface area contributed by atoms with E-state index in [1.54, 1.807) is 30.3 Å². The smallest absolute Gasteiger partial charge is 0.349 e. The third kappa shape index (κ3) is 3.14. The van der Waals surface area contributed by atoms with Gasteiger partial charge in [-0.2, -0.15) is 0 Å². The molecule has 0 radical (unpaired) electrons. The first-order valence-electron chi connectivity index (χ1n) is 7.29. The summed E-state index contributed by atoms with van der Waals surface area (Å²) in [5.74, 6) is -2.05. The summed E-state index contributed by atoms with van der Waals surface area (Å²) in [5.41, 5.74) is -0.250. The van der Waals surface area contributed by atoms with Crippen LogP contribution in [0.3, 0.4) is 0 Å². The van der Waals surface area contributed by atoms with Crippen LogP contribution in [0.4, 0.5) is 5.69 Å². The third-order valence-corrected chi connectivity index (χ3v) is 6.11. The Morgan fingerprint density at radius 3 is 2.54 bits per heavy atom. The average Bonchev–Trinajstić information content (AvgIpc) is 3.11. The second-order valence-electron chi connectivity index (χ2n) is 5.23. The van der Waals surface area contributed by atoms with Crippen LogP contribution < -0.4 is 4.72 Å². The molecule has 7 nitrogen and oxygen atoms in total. The number of aromatic carboxylic acids is 1. The number of esters is 1. The highest BCUT2D eigenvalue weighted by atomic mass is 32.2. The number of carboxylic acid groups (broad SMARTS) is 1. The first-order chi connectivity index (χ1) is 12.3. The summed E-state index contributed by atoms with van der Waals surface area (Å²) in [7, 11) is -3.03. The highest BCUT2D eigenvalue weighted by molar-refractivity contribution is 7.93. The highest BCUT2D eigenvalue weighted by Gasteiger charge is 2.26. The van der Waals surface area contributed by atoms with Crippen LogP contribution in [-0.2, 0) is 14.8 Å². The first kappa shape index (κ1) is 17.9. The largest absolute Gasteiger partial charge is 0.478 e. The Kier molecular flexibility index (Phi) is 4.66. The fourth-order valence-corrected chi connectivity index (χ4v) is 4.95. The van der Waals surface area contributed by atoms with Crippen molar-refractivity contribution >= 4 is 49.8 Å². The van der Waals surface area contributed by atoms with Crippen molar-refractivity contribution in [2.24, 2.45) is 0 Å². The van der Waals surface area contributed by atoms with E-state index in [2.05, 4.69) is 9.46 Å². The number of benzene rings is 2. The standard InChI is InChI=1S/C17H13NO6S2/c1-24-17(21)15-13(8-9-25-15)26(22,23)18-12-7-6-10-4-2-3-5-11(10)14(12)16(19)20/h2-9,18H,1H3,(H,19,20). The van der Waals surface area contributed by atoms with Gasteiger partial charge in [-0.25, -0.2) is 18.0 Å². The van der Waals surface area contributed by atoms with Crippen molar-refractivity contribution < 1.29 is 27.9 Å². The van der Waals surface area contributed by atoms with Gasteiger partial charge in [-0.05, 0) is 28.3 Å². The van der Waals surface area contributed by atoms with Gasteiger partial charge in [0.1, 0.15) is 9.77 Å². The van der Waals surface area contributed by atoms with E-state index in [0.717, 1.165) is 18.4 Å². The Labute approximate surface area is 152 Å². The number of carbonyl (C=O) groups is 2. The van der Waals surface area contributed by atoms with E-state index in [1.165, 1.54) is 17.5 Å². The predicted octanol–water partition coefficient (Wildman–Crippen LogP) is 3.19. The van der Waals surface area contributed by atoms with E-state index in [9.17, 15) is 23.1 Å². The monoisotopic (exact) mass is 391 g/mol. The van der Waals surface area contributed by atoms with Crippen LogP contribution >= 0.6 is 11.3 Å². The van der Waals surface area contributed by atoms with Gasteiger partial charge in [-0.1, -0.05) is 30.3 Å². The summed E-state index contributed by atoms with van der Waals surface area (Å²) in [5, 5.41) is 12.1. The molecule has 0 saturated heterocycles. The summed E-state index contributed by atoms with van der Waals surface area (Å²) in [6, 6.07) is 11.0. The fourth-order valence-electron chi connectivity index (χ4n) is 2.54. The van der Waals surface area contributed by atoms with Crippen molar-refractivity contribution in [3.63, 3.8) is 0 Å². The van der Waals surface area contributed by atoms with E-state index in [4.69, 9.17) is 0 Å². The van der Waals surface area contributed by atoms with Gasteiger partial charge in [-0.3, -0.25) is 4.72 Å². The minimum Gasteiger partial charge on any atom is -0.478 e. The van der Waals surface area contributed by atoms with Crippen molar-refractivity contribution in [1.82, 2.24) is 0 Å². The Hall–Kier alpha value is -2.91. The number of anilines is 1. The quantitative estimate of drug-likeness (QED) is 0.647. The van der Waals surface area contributed by atoms with Crippen LogP contribution in [0.15, 0.2) is 52.7 Å². The molecule has 26 heavy (non-hydrogen) atoms. The van der Waals surface area contributed by atoms with E-state index in [1.807, 2.05) is 0 Å². The third-order valence-electron chi connectivity index (χ3n) is 3.68. The number of sulfonamides is 1. The van der Waals surface area contributed by atoms with Crippen LogP contribution in [0.5, 0.6) is 0 Å². The van der Waals surface area contributed by atoms with Gasteiger partial charge in [0.2, 0.25) is 0 Å². The molecule has 134 valence electrons. The number of methoxy groups -OCH3 is 1. The van der Waals surface area contributed by atoms with E-state index >= 15 is 0 Å². The lowest BCUT2D eigenvalue weighted by atomic mass is 10.0. The Morgan fingerprint density at radius 2 is 1.85 bits per heavy atom. The summed E-state index contributed by atoms with van der Waals surface area (Å²) in [6.45, 7) is 0. The molecular weight excluding hydrogens is 378 g/mol. The van der Waals surface area contributed by atoms with Gasteiger partial charge in [0, 0.05) is 0 Å². The topological polar surface area (TPSA) is 110 Å². The normalized spacial score (nSPS) is 11.3. The van der Waals surface area contributed by atoms with Crippen LogP contribution in [0.2, 0.25) is 0 Å². The second kappa shape index (κ2) is 6.77. The Bertz CT molecular complexity index is 1120. The van der Waals surface area contributed by atoms with Crippen molar-refractivity contribution in [2.75, 3.05) is 11.8 Å². The van der Waals surface area contributed by atoms with E-state index < -0.39 is 22.0 Å². The molecule has 3 rings (SSSR count). The maximum atomic E-state index is 12.7. The molecule has 0 spiro atoms. The molecule has 1 heterocycles. The van der Waals surface area contributed by atoms with Crippen LogP contribution in [0.1, 0.15) is 20.0 Å². The molecule has 3 aromatic rings. The van der Waals surface area contributed by atoms with Gasteiger partial charge in [0.05, 0.1) is 18.4 Å². The first-order valence-corrected chi connectivity index (χ1v) is 9.65. The summed E-state index contributed by atoms with van der Waals surface area (Å²) < 4.78 is 32.3. The molecule has 0 saturated carbocycles. The zero-order chi connectivity index (χ0) is 18.9. The molecule has 0 unspecified atom stereocenters. The van der Waals surface area contributed by atoms with Crippen molar-refractivity contribution in [3.05, 3.63) is 58.3 Å². The molecule has 1 aromatic heterocycles. The predicted molar refractivity (Wildman–Crippen MR) is 97.4 cm³/mol. The second-order valence-corrected chi connectivity index (χ2v) is 7.79. The van der Waals surface area contributed by atoms with Crippen LogP contribution in [-0.4, -0.2) is 32.6 Å². The minimum absolute atomic E-state index is 0.0850. The number of carbonyl (C=O) groups excluding carboxylic acids is 1. The molecule has 0 amide bonds. The molecule has 9 heteroatoms. The molecule has 0 aliphatic carbocycles. The van der Waals surface area contributed by atoms with Gasteiger partial charge in [0.25, 0.3) is 10.0 Å².